The van der Waals surface area contributed by atoms with Crippen LogP contribution < -0.4 is 10.2 Å². The Kier molecular flexibility index (Phi) is 9.19. The summed E-state index contributed by atoms with van der Waals surface area (Å²) in [5, 5.41) is 5.50. The van der Waals surface area contributed by atoms with Gasteiger partial charge in [0, 0.05) is 28.3 Å². The number of nitrogens with one attached hydrogen (secondary N) is 2. The molecule has 164 valence electrons. The predicted molar refractivity (Wildman–Crippen MR) is 130 cm³/mol. The van der Waals surface area contributed by atoms with Crippen molar-refractivity contribution in [3.63, 3.8) is 0 Å². The van der Waals surface area contributed by atoms with Gasteiger partial charge in [0.2, 0.25) is 0 Å². The monoisotopic (exact) mass is 456 g/mol. The van der Waals surface area contributed by atoms with Crippen LogP contribution in [0, 0.1) is 0 Å². The average molecular weight is 457 g/mol. The van der Waals surface area contributed by atoms with Crippen molar-refractivity contribution in [2.75, 3.05) is 26.2 Å². The maximum absolute atomic E-state index is 13.0. The SMILES string of the molecule is CCC[NH+](CCC)CCCNC(=O)c1cc(Sc2ccc(Cl)cc2)nc2ccccc12. The van der Waals surface area contributed by atoms with E-state index in [9.17, 15) is 4.79 Å². The van der Waals surface area contributed by atoms with Crippen LogP contribution in [-0.4, -0.2) is 37.1 Å². The second-order valence-corrected chi connectivity index (χ2v) is 9.22. The fraction of sp³-hybridized carbons (Fsp3) is 0.360. The Bertz CT molecular complexity index is 988. The fourth-order valence-electron chi connectivity index (χ4n) is 3.73. The number of carbonyl (C=O) groups excluding carboxylic acids is 1. The molecule has 1 aromatic heterocycles. The third-order valence-corrected chi connectivity index (χ3v) is 6.35. The van der Waals surface area contributed by atoms with Crippen molar-refractivity contribution < 1.29 is 9.69 Å². The molecule has 3 rings (SSSR count). The third kappa shape index (κ3) is 6.96. The first kappa shape index (κ1) is 23.6. The first-order chi connectivity index (χ1) is 15.1. The largest absolute Gasteiger partial charge is 0.352 e. The van der Waals surface area contributed by atoms with E-state index in [0.29, 0.717) is 17.1 Å². The predicted octanol–water partition coefficient (Wildman–Crippen LogP) is 4.86. The number of aromatic nitrogens is 1. The lowest BCUT2D eigenvalue weighted by Crippen LogP contribution is -3.12. The molecule has 3 aromatic rings. The van der Waals surface area contributed by atoms with Crippen LogP contribution in [0.4, 0.5) is 0 Å². The number of nitrogens with zero attached hydrogens (tertiary/aromatic N) is 1. The molecule has 1 amide bonds. The Morgan fingerprint density at radius 3 is 2.45 bits per heavy atom. The van der Waals surface area contributed by atoms with Gasteiger partial charge in [0.05, 0.1) is 30.7 Å². The molecule has 6 heteroatoms. The molecule has 1 heterocycles. The molecular formula is C25H31ClN3OS+. The fourth-order valence-corrected chi connectivity index (χ4v) is 4.69. The van der Waals surface area contributed by atoms with Gasteiger partial charge in [0.25, 0.3) is 5.91 Å². The lowest BCUT2D eigenvalue weighted by atomic mass is 10.1. The smallest absolute Gasteiger partial charge is 0.252 e. The summed E-state index contributed by atoms with van der Waals surface area (Å²) in [5.74, 6) is -0.0379. The molecule has 0 spiro atoms. The summed E-state index contributed by atoms with van der Waals surface area (Å²) in [5.41, 5.74) is 1.50. The van der Waals surface area contributed by atoms with Crippen molar-refractivity contribution in [3.8, 4) is 0 Å². The molecule has 2 aromatic carbocycles. The summed E-state index contributed by atoms with van der Waals surface area (Å²) in [6.45, 7) is 8.63. The van der Waals surface area contributed by atoms with Crippen molar-refractivity contribution >= 4 is 40.2 Å². The molecule has 31 heavy (non-hydrogen) atoms. The van der Waals surface area contributed by atoms with Crippen LogP contribution in [0.3, 0.4) is 0 Å². The van der Waals surface area contributed by atoms with Crippen LogP contribution in [0.25, 0.3) is 10.9 Å². The Labute approximate surface area is 194 Å². The van der Waals surface area contributed by atoms with E-state index in [4.69, 9.17) is 16.6 Å². The van der Waals surface area contributed by atoms with Crippen molar-refractivity contribution in [1.82, 2.24) is 10.3 Å². The molecular weight excluding hydrogens is 426 g/mol. The van der Waals surface area contributed by atoms with Crippen LogP contribution in [0.1, 0.15) is 43.5 Å². The lowest BCUT2D eigenvalue weighted by molar-refractivity contribution is -0.900. The number of hydrogen-bond acceptors (Lipinski definition) is 3. The van der Waals surface area contributed by atoms with Gasteiger partial charge in [-0.2, -0.15) is 0 Å². The number of carbonyl (C=O) groups is 1. The number of amides is 1. The van der Waals surface area contributed by atoms with Gasteiger partial charge >= 0.3 is 0 Å². The molecule has 0 bridgehead atoms. The van der Waals surface area contributed by atoms with E-state index in [-0.39, 0.29) is 5.91 Å². The van der Waals surface area contributed by atoms with E-state index in [0.717, 1.165) is 33.8 Å². The first-order valence-corrected chi connectivity index (χ1v) is 12.2. The molecule has 0 aliphatic heterocycles. The molecule has 2 N–H and O–H groups in total. The van der Waals surface area contributed by atoms with Crippen molar-refractivity contribution in [2.24, 2.45) is 0 Å². The van der Waals surface area contributed by atoms with Gasteiger partial charge in [-0.25, -0.2) is 4.98 Å². The molecule has 4 nitrogen and oxygen atoms in total. The standard InChI is InChI=1S/C25H30ClN3OS/c1-3-15-29(16-4-2)17-7-14-27-25(30)22-18-24(28-23-9-6-5-8-21(22)23)31-20-12-10-19(26)11-13-20/h5-6,8-13,18H,3-4,7,14-17H2,1-2H3,(H,27,30)/p+1. The number of benzene rings is 2. The van der Waals surface area contributed by atoms with Crippen LogP contribution in [0.15, 0.2) is 64.5 Å². The van der Waals surface area contributed by atoms with Gasteiger partial charge in [-0.3, -0.25) is 4.79 Å². The van der Waals surface area contributed by atoms with Gasteiger partial charge in [0.15, 0.2) is 0 Å². The highest BCUT2D eigenvalue weighted by Gasteiger charge is 2.14. The van der Waals surface area contributed by atoms with E-state index in [1.165, 1.54) is 37.7 Å². The van der Waals surface area contributed by atoms with E-state index in [1.54, 1.807) is 4.90 Å². The summed E-state index contributed by atoms with van der Waals surface area (Å²) in [6, 6.07) is 17.4. The van der Waals surface area contributed by atoms with Gasteiger partial charge in [-0.05, 0) is 49.2 Å². The Morgan fingerprint density at radius 2 is 1.74 bits per heavy atom. The maximum Gasteiger partial charge on any atom is 0.252 e. The molecule has 0 saturated carbocycles. The Balaban J connectivity index is 1.70. The summed E-state index contributed by atoms with van der Waals surface area (Å²) in [6.07, 6.45) is 3.37. The molecule has 0 unspecified atom stereocenters. The summed E-state index contributed by atoms with van der Waals surface area (Å²) < 4.78 is 0. The molecule has 0 aliphatic carbocycles. The Morgan fingerprint density at radius 1 is 1.03 bits per heavy atom. The zero-order chi connectivity index (χ0) is 22.1. The highest BCUT2D eigenvalue weighted by molar-refractivity contribution is 7.99. The molecule has 0 radical (unpaired) electrons. The quantitative estimate of drug-likeness (QED) is 0.405. The van der Waals surface area contributed by atoms with Gasteiger partial charge in [-0.1, -0.05) is 55.4 Å². The van der Waals surface area contributed by atoms with Gasteiger partial charge in [0.1, 0.15) is 5.03 Å². The second kappa shape index (κ2) is 12.1. The molecule has 0 atom stereocenters. The third-order valence-electron chi connectivity index (χ3n) is 5.17. The second-order valence-electron chi connectivity index (χ2n) is 7.69. The van der Waals surface area contributed by atoms with Crippen LogP contribution >= 0.6 is 23.4 Å². The maximum atomic E-state index is 13.0. The van der Waals surface area contributed by atoms with E-state index in [2.05, 4.69) is 19.2 Å². The molecule has 0 fully saturated rings. The highest BCUT2D eigenvalue weighted by Crippen LogP contribution is 2.30. The van der Waals surface area contributed by atoms with Crippen molar-refractivity contribution in [1.29, 1.82) is 0 Å². The van der Waals surface area contributed by atoms with Crippen molar-refractivity contribution in [2.45, 2.75) is 43.0 Å². The normalized spacial score (nSPS) is 11.2. The van der Waals surface area contributed by atoms with E-state index >= 15 is 0 Å². The zero-order valence-corrected chi connectivity index (χ0v) is 19.9. The van der Waals surface area contributed by atoms with Crippen LogP contribution in [0.2, 0.25) is 5.02 Å². The number of para-hydroxylation sites is 1. The summed E-state index contributed by atoms with van der Waals surface area (Å²) in [4.78, 5) is 20.4. The van der Waals surface area contributed by atoms with Gasteiger partial charge in [-0.15, -0.1) is 0 Å². The first-order valence-electron chi connectivity index (χ1n) is 11.1. The average Bonchev–Trinajstić information content (AvgIpc) is 2.78. The van der Waals surface area contributed by atoms with Gasteiger partial charge < -0.3 is 10.2 Å². The number of quaternary nitrogens is 1. The Hall–Kier alpha value is -2.08. The topological polar surface area (TPSA) is 46.4 Å². The highest BCUT2D eigenvalue weighted by atomic mass is 35.5. The summed E-state index contributed by atoms with van der Waals surface area (Å²) in [7, 11) is 0. The minimum absolute atomic E-state index is 0.0379. The summed E-state index contributed by atoms with van der Waals surface area (Å²) >= 11 is 7.53. The minimum Gasteiger partial charge on any atom is -0.352 e. The zero-order valence-electron chi connectivity index (χ0n) is 18.3. The van der Waals surface area contributed by atoms with E-state index in [1.807, 2.05) is 54.6 Å². The van der Waals surface area contributed by atoms with Crippen molar-refractivity contribution in [3.05, 3.63) is 65.2 Å². The lowest BCUT2D eigenvalue weighted by Gasteiger charge is -2.18. The number of pyridine rings is 1. The number of rotatable bonds is 11. The molecule has 0 aliphatic rings. The number of halogens is 1. The van der Waals surface area contributed by atoms with E-state index < -0.39 is 0 Å². The molecule has 0 saturated heterocycles. The van der Waals surface area contributed by atoms with Crippen LogP contribution in [0.5, 0.6) is 0 Å². The number of hydrogen-bond donors (Lipinski definition) is 2. The number of fused-ring (bicyclic) bond motifs is 1. The van der Waals surface area contributed by atoms with Crippen LogP contribution in [-0.2, 0) is 0 Å². The minimum atomic E-state index is -0.0379.